The molecule has 8 heteroatoms. The van der Waals surface area contributed by atoms with Gasteiger partial charge in [-0.3, -0.25) is 0 Å². The van der Waals surface area contributed by atoms with Gasteiger partial charge in [0, 0.05) is 35.7 Å². The second-order valence-corrected chi connectivity index (χ2v) is 9.78. The second-order valence-electron chi connectivity index (χ2n) is 8.78. The Labute approximate surface area is 231 Å². The zero-order chi connectivity index (χ0) is 27.0. The van der Waals surface area contributed by atoms with Gasteiger partial charge in [0.05, 0.1) is 10.3 Å². The van der Waals surface area contributed by atoms with Crippen LogP contribution in [0.15, 0.2) is 85.2 Å². The molecule has 3 aromatic carbocycles. The Morgan fingerprint density at radius 3 is 2.26 bits per heavy atom. The number of nitrogens with one attached hydrogen (secondary N) is 4. The smallest absolute Gasteiger partial charge is 0.323 e. The third kappa shape index (κ3) is 6.17. The molecule has 0 saturated heterocycles. The molecule has 0 spiro atoms. The molecule has 194 valence electrons. The van der Waals surface area contributed by atoms with Crippen LogP contribution in [0.1, 0.15) is 17.4 Å². The van der Waals surface area contributed by atoms with Crippen LogP contribution in [-0.4, -0.2) is 29.1 Å². The van der Waals surface area contributed by atoms with Crippen molar-refractivity contribution in [1.29, 1.82) is 0 Å². The minimum Gasteiger partial charge on any atom is -0.385 e. The first-order valence-corrected chi connectivity index (χ1v) is 13.5. The topological polar surface area (TPSA) is 91.0 Å². The van der Waals surface area contributed by atoms with Crippen LogP contribution in [0.2, 0.25) is 0 Å². The predicted molar refractivity (Wildman–Crippen MR) is 163 cm³/mol. The maximum absolute atomic E-state index is 12.2. The molecule has 0 saturated carbocycles. The number of urea groups is 1. The first kappa shape index (κ1) is 25.8. The van der Waals surface area contributed by atoms with Gasteiger partial charge in [0.15, 0.2) is 0 Å². The molecule has 5 aromatic rings. The van der Waals surface area contributed by atoms with Gasteiger partial charge in [0.1, 0.15) is 17.0 Å². The van der Waals surface area contributed by atoms with Gasteiger partial charge in [-0.25, -0.2) is 14.8 Å². The van der Waals surface area contributed by atoms with Gasteiger partial charge in [-0.05, 0) is 60.9 Å². The Kier molecular flexibility index (Phi) is 8.00. The summed E-state index contributed by atoms with van der Waals surface area (Å²) in [5.41, 5.74) is 5.68. The number of carbonyl (C=O) groups excluding carboxylic acids is 1. The molecule has 5 rings (SSSR count). The SMILES string of the molecule is C#Cc1sc2ncnc(NCCc3ccc(NC(=O)Nc4ccccc4)cc3)c2c1-c1ccc(NCC)cc1. The van der Waals surface area contributed by atoms with Crippen molar-refractivity contribution in [2.75, 3.05) is 34.4 Å². The lowest BCUT2D eigenvalue weighted by molar-refractivity contribution is 0.262. The highest BCUT2D eigenvalue weighted by atomic mass is 32.1. The number of para-hydroxylation sites is 1. The molecular weight excluding hydrogens is 504 g/mol. The maximum atomic E-state index is 12.2. The number of aromatic nitrogens is 2. The van der Waals surface area contributed by atoms with Crippen molar-refractivity contribution in [3.8, 4) is 23.5 Å². The van der Waals surface area contributed by atoms with E-state index in [-0.39, 0.29) is 6.03 Å². The Hall–Kier alpha value is -4.87. The Morgan fingerprint density at radius 2 is 1.56 bits per heavy atom. The molecule has 39 heavy (non-hydrogen) atoms. The van der Waals surface area contributed by atoms with Gasteiger partial charge in [-0.1, -0.05) is 48.4 Å². The standard InChI is InChI=1S/C31H28N6OS/c1-3-26-27(22-12-16-23(17-13-22)32-4-2)28-29(34-20-35-30(28)39-26)33-19-18-21-10-14-25(15-11-21)37-31(38)36-24-8-6-5-7-9-24/h1,5-17,20,32H,4,18-19H2,2H3,(H,33,34,35)(H2,36,37,38). The number of carbonyl (C=O) groups is 1. The Balaban J connectivity index is 1.26. The molecule has 0 fully saturated rings. The average Bonchev–Trinajstić information content (AvgIpc) is 3.35. The van der Waals surface area contributed by atoms with Crippen LogP contribution in [0, 0.1) is 12.3 Å². The number of fused-ring (bicyclic) bond motifs is 1. The monoisotopic (exact) mass is 532 g/mol. The number of amides is 2. The van der Waals surface area contributed by atoms with E-state index in [4.69, 9.17) is 6.42 Å². The van der Waals surface area contributed by atoms with Crippen LogP contribution < -0.4 is 21.3 Å². The fourth-order valence-electron chi connectivity index (χ4n) is 4.30. The quantitative estimate of drug-likeness (QED) is 0.152. The number of rotatable bonds is 9. The van der Waals surface area contributed by atoms with Crippen molar-refractivity contribution in [1.82, 2.24) is 9.97 Å². The molecule has 0 radical (unpaired) electrons. The third-order valence-electron chi connectivity index (χ3n) is 6.12. The molecule has 0 aliphatic carbocycles. The van der Waals surface area contributed by atoms with Gasteiger partial charge in [0.2, 0.25) is 0 Å². The zero-order valence-electron chi connectivity index (χ0n) is 21.5. The Bertz CT molecular complexity index is 1610. The van der Waals surface area contributed by atoms with E-state index in [0.717, 1.165) is 67.6 Å². The van der Waals surface area contributed by atoms with E-state index in [9.17, 15) is 4.79 Å². The first-order chi connectivity index (χ1) is 19.1. The average molecular weight is 533 g/mol. The van der Waals surface area contributed by atoms with Crippen molar-refractivity contribution >= 4 is 50.5 Å². The van der Waals surface area contributed by atoms with Crippen LogP contribution in [0.4, 0.5) is 27.7 Å². The number of thiophene rings is 1. The van der Waals surface area contributed by atoms with Gasteiger partial charge in [-0.15, -0.1) is 17.8 Å². The summed E-state index contributed by atoms with van der Waals surface area (Å²) in [7, 11) is 0. The molecule has 4 N–H and O–H groups in total. The fourth-order valence-corrected chi connectivity index (χ4v) is 5.27. The molecule has 0 unspecified atom stereocenters. The third-order valence-corrected chi connectivity index (χ3v) is 7.15. The molecule has 0 aliphatic heterocycles. The summed E-state index contributed by atoms with van der Waals surface area (Å²) in [5.74, 6) is 3.60. The van der Waals surface area contributed by atoms with Crippen molar-refractivity contribution in [3.63, 3.8) is 0 Å². The van der Waals surface area contributed by atoms with E-state index in [1.807, 2.05) is 54.6 Å². The van der Waals surface area contributed by atoms with Crippen molar-refractivity contribution in [2.45, 2.75) is 13.3 Å². The highest BCUT2D eigenvalue weighted by Gasteiger charge is 2.18. The molecule has 7 nitrogen and oxygen atoms in total. The zero-order valence-corrected chi connectivity index (χ0v) is 22.3. The van der Waals surface area contributed by atoms with Crippen LogP contribution in [0.3, 0.4) is 0 Å². The summed E-state index contributed by atoms with van der Waals surface area (Å²) >= 11 is 1.50. The normalized spacial score (nSPS) is 10.6. The van der Waals surface area contributed by atoms with E-state index in [1.54, 1.807) is 6.33 Å². The van der Waals surface area contributed by atoms with E-state index < -0.39 is 0 Å². The van der Waals surface area contributed by atoms with Crippen LogP contribution in [-0.2, 0) is 6.42 Å². The van der Waals surface area contributed by atoms with Gasteiger partial charge >= 0.3 is 6.03 Å². The lowest BCUT2D eigenvalue weighted by Crippen LogP contribution is -2.19. The highest BCUT2D eigenvalue weighted by Crippen LogP contribution is 2.40. The predicted octanol–water partition coefficient (Wildman–Crippen LogP) is 7.07. The number of nitrogens with zero attached hydrogens (tertiary/aromatic N) is 2. The Morgan fingerprint density at radius 1 is 0.872 bits per heavy atom. The minimum atomic E-state index is -0.280. The summed E-state index contributed by atoms with van der Waals surface area (Å²) in [4.78, 5) is 23.0. The van der Waals surface area contributed by atoms with Gasteiger partial charge in [0.25, 0.3) is 0 Å². The number of terminal acetylenes is 1. The van der Waals surface area contributed by atoms with Gasteiger partial charge < -0.3 is 21.3 Å². The van der Waals surface area contributed by atoms with Crippen molar-refractivity contribution in [3.05, 3.63) is 95.6 Å². The fraction of sp³-hybridized carbons (Fsp3) is 0.129. The van der Waals surface area contributed by atoms with Gasteiger partial charge in [-0.2, -0.15) is 0 Å². The molecule has 2 amide bonds. The number of anilines is 4. The minimum absolute atomic E-state index is 0.280. The first-order valence-electron chi connectivity index (χ1n) is 12.7. The van der Waals surface area contributed by atoms with E-state index in [1.165, 1.54) is 11.3 Å². The summed E-state index contributed by atoms with van der Waals surface area (Å²) in [6.45, 7) is 3.61. The summed E-state index contributed by atoms with van der Waals surface area (Å²) in [6, 6.07) is 25.1. The summed E-state index contributed by atoms with van der Waals surface area (Å²) < 4.78 is 0. The lowest BCUT2D eigenvalue weighted by Gasteiger charge is -2.11. The molecule has 2 aromatic heterocycles. The van der Waals surface area contributed by atoms with E-state index in [2.05, 4.69) is 68.3 Å². The second kappa shape index (κ2) is 12.1. The summed E-state index contributed by atoms with van der Waals surface area (Å²) in [6.07, 6.45) is 8.23. The number of hydrogen-bond acceptors (Lipinski definition) is 6. The highest BCUT2D eigenvalue weighted by molar-refractivity contribution is 7.19. The molecule has 0 bridgehead atoms. The molecule has 0 atom stereocenters. The number of benzene rings is 3. The molecule has 0 aliphatic rings. The van der Waals surface area contributed by atoms with Crippen molar-refractivity contribution in [2.24, 2.45) is 0 Å². The lowest BCUT2D eigenvalue weighted by atomic mass is 10.0. The largest absolute Gasteiger partial charge is 0.385 e. The van der Waals surface area contributed by atoms with Crippen LogP contribution in [0.25, 0.3) is 21.3 Å². The summed E-state index contributed by atoms with van der Waals surface area (Å²) in [5, 5.41) is 13.4. The van der Waals surface area contributed by atoms with E-state index >= 15 is 0 Å². The number of hydrogen-bond donors (Lipinski definition) is 4. The van der Waals surface area contributed by atoms with Crippen molar-refractivity contribution < 1.29 is 4.79 Å². The molecular formula is C31H28N6OS. The maximum Gasteiger partial charge on any atom is 0.323 e. The van der Waals surface area contributed by atoms with Crippen LogP contribution >= 0.6 is 11.3 Å². The molecule has 2 heterocycles. The van der Waals surface area contributed by atoms with E-state index in [0.29, 0.717) is 6.54 Å². The van der Waals surface area contributed by atoms with Crippen LogP contribution in [0.5, 0.6) is 0 Å².